The van der Waals surface area contributed by atoms with Crippen LogP contribution in [0.3, 0.4) is 0 Å². The Hall–Kier alpha value is 1.77. The van der Waals surface area contributed by atoms with Crippen LogP contribution in [0.5, 0.6) is 0 Å². The van der Waals surface area contributed by atoms with Crippen molar-refractivity contribution in [1.29, 1.82) is 0 Å². The van der Waals surface area contributed by atoms with Gasteiger partial charge < -0.3 is 11.0 Å². The maximum Gasteiger partial charge on any atom is -0.0149 e. The minimum atomic E-state index is 0. The van der Waals surface area contributed by atoms with Gasteiger partial charge >= 0.3 is 51.4 Å². The van der Waals surface area contributed by atoms with Gasteiger partial charge in [-0.1, -0.05) is 0 Å². The first kappa shape index (κ1) is 41.8. The summed E-state index contributed by atoms with van der Waals surface area (Å²) in [6, 6.07) is 0. The van der Waals surface area contributed by atoms with Crippen molar-refractivity contribution in [2.75, 3.05) is 0 Å². The summed E-state index contributed by atoms with van der Waals surface area (Å²) >= 11 is 0. The zero-order chi connectivity index (χ0) is 0. The zero-order valence-electron chi connectivity index (χ0n) is 1.00. The molecule has 4 heavy (non-hydrogen) atoms. The molecule has 0 aliphatic rings. The van der Waals surface area contributed by atoms with Crippen molar-refractivity contribution in [3.05, 3.63) is 0 Å². The molecule has 0 aromatic carbocycles. The molecule has 4 heteroatoms. The molecule has 0 spiro atoms. The average molecular weight is 108 g/mol. The fraction of sp³-hybridized carbons (Fsp3) is 0. The van der Waals surface area contributed by atoms with Gasteiger partial charge in [0.1, 0.15) is 0 Å². The molecule has 0 radical (unpaired) electrons. The van der Waals surface area contributed by atoms with Gasteiger partial charge in [-0.15, -0.1) is 0 Å². The van der Waals surface area contributed by atoms with E-state index in [1.807, 2.05) is 0 Å². The first-order valence-electron chi connectivity index (χ1n) is 0. The van der Waals surface area contributed by atoms with Crippen LogP contribution < -0.4 is 0 Å². The van der Waals surface area contributed by atoms with Crippen LogP contribution in [0.25, 0.3) is 0 Å². The summed E-state index contributed by atoms with van der Waals surface area (Å²) in [6.07, 6.45) is 0. The summed E-state index contributed by atoms with van der Waals surface area (Å²) in [6.45, 7) is 0. The fourth-order valence-electron chi connectivity index (χ4n) is 0. The van der Waals surface area contributed by atoms with E-state index in [9.17, 15) is 0 Å². The third-order valence-electron chi connectivity index (χ3n) is 0. The second-order valence-electron chi connectivity index (χ2n) is 0. The van der Waals surface area contributed by atoms with Gasteiger partial charge in [0.05, 0.1) is 0 Å². The van der Waals surface area contributed by atoms with Gasteiger partial charge in [0, 0.05) is 0 Å². The molecule has 4 N–H and O–H groups in total. The van der Waals surface area contributed by atoms with E-state index < -0.39 is 0 Å². The summed E-state index contributed by atoms with van der Waals surface area (Å²) in [5, 5.41) is 0. The molecule has 0 aromatic rings. The Morgan fingerprint density at radius 2 is 0.750 bits per heavy atom. The first-order valence-corrected chi connectivity index (χ1v) is 0. The van der Waals surface area contributed by atoms with E-state index in [1.54, 1.807) is 0 Å². The van der Waals surface area contributed by atoms with E-state index in [1.165, 1.54) is 0 Å². The molecule has 0 amide bonds. The van der Waals surface area contributed by atoms with Crippen molar-refractivity contribution >= 4 is 62.3 Å². The Morgan fingerprint density at radius 1 is 0.750 bits per heavy atom. The van der Waals surface area contributed by atoms with Gasteiger partial charge in [-0.25, -0.2) is 0 Å². The molecule has 0 bridgehead atoms. The minimum Gasteiger partial charge on any atom is -0.0149 e. The summed E-state index contributed by atoms with van der Waals surface area (Å²) in [7, 11) is 0. The van der Waals surface area contributed by atoms with Crippen LogP contribution in [-0.2, 0) is 0 Å². The maximum absolute atomic E-state index is 0. The third-order valence-corrected chi connectivity index (χ3v) is 0. The molecule has 2 nitrogen and oxygen atoms in total. The van der Waals surface area contributed by atoms with Crippen LogP contribution in [0.2, 0.25) is 0 Å². The molecule has 0 saturated carbocycles. The van der Waals surface area contributed by atoms with Crippen molar-refractivity contribution in [2.24, 2.45) is 0 Å². The van der Waals surface area contributed by atoms with Crippen molar-refractivity contribution in [1.82, 2.24) is 0 Å². The predicted octanol–water partition coefficient (Wildman–Crippen LogP) is -3.75. The van der Waals surface area contributed by atoms with Crippen molar-refractivity contribution < 1.29 is 11.0 Å². The molecule has 0 heterocycles. The molecule has 0 aromatic heterocycles. The Morgan fingerprint density at radius 3 is 0.750 bits per heavy atom. The van der Waals surface area contributed by atoms with Crippen LogP contribution >= 0.6 is 0 Å². The smallest absolute Gasteiger partial charge is 0.0149 e. The standard InChI is InChI=1S/K.2H2O.H4Si.H/h;2*1H2;1H4;. The summed E-state index contributed by atoms with van der Waals surface area (Å²) < 4.78 is 0. The van der Waals surface area contributed by atoms with Crippen LogP contribution in [0, 0.1) is 0 Å². The molecule has 0 aliphatic heterocycles. The van der Waals surface area contributed by atoms with E-state index in [0.29, 0.717) is 0 Å². The topological polar surface area (TPSA) is 63.0 Å². The van der Waals surface area contributed by atoms with Gasteiger partial charge in [-0.2, -0.15) is 0 Å². The molecule has 0 atom stereocenters. The van der Waals surface area contributed by atoms with Gasteiger partial charge in [0.2, 0.25) is 0 Å². The monoisotopic (exact) mass is 108 g/mol. The summed E-state index contributed by atoms with van der Waals surface area (Å²) in [5.74, 6) is 0. The van der Waals surface area contributed by atoms with E-state index in [4.69, 9.17) is 0 Å². The van der Waals surface area contributed by atoms with E-state index in [2.05, 4.69) is 0 Å². The van der Waals surface area contributed by atoms with Crippen LogP contribution in [-0.4, -0.2) is 73.3 Å². The normalized spacial score (nSPS) is 0. The molecule has 0 aliphatic carbocycles. The Labute approximate surface area is 72.0 Å². The quantitative estimate of drug-likeness (QED) is 0.286. The van der Waals surface area contributed by atoms with Gasteiger partial charge in [0.25, 0.3) is 0 Å². The van der Waals surface area contributed by atoms with E-state index in [-0.39, 0.29) is 73.3 Å². The zero-order valence-corrected chi connectivity index (χ0v) is 1.00. The molecule has 0 unspecified atom stereocenters. The average Bonchev–Trinajstić information content (AvgIpc) is 0. The summed E-state index contributed by atoms with van der Waals surface area (Å²) in [4.78, 5) is 0. The van der Waals surface area contributed by atoms with Crippen LogP contribution in [0.15, 0.2) is 0 Å². The second kappa shape index (κ2) is 21.6. The van der Waals surface area contributed by atoms with Crippen molar-refractivity contribution in [3.63, 3.8) is 0 Å². The number of rotatable bonds is 0. The summed E-state index contributed by atoms with van der Waals surface area (Å²) in [5.41, 5.74) is 0. The maximum atomic E-state index is 0. The Kier molecular flexibility index (Phi) is 226. The third kappa shape index (κ3) is 9.23. The van der Waals surface area contributed by atoms with Crippen LogP contribution in [0.1, 0.15) is 0 Å². The predicted molar refractivity (Wildman–Crippen MR) is 25.7 cm³/mol. The largest absolute Gasteiger partial charge is 0.0149 e. The van der Waals surface area contributed by atoms with Gasteiger partial charge in [0.15, 0.2) is 0 Å². The van der Waals surface area contributed by atoms with E-state index >= 15 is 0 Å². The minimum absolute atomic E-state index is 0. The Bertz CT molecular complexity index is 6.00. The molecular weight excluding hydrogens is 99.2 g/mol. The van der Waals surface area contributed by atoms with Crippen molar-refractivity contribution in [2.45, 2.75) is 0 Å². The Balaban J connectivity index is 0. The number of hydrogen-bond donors (Lipinski definition) is 0. The van der Waals surface area contributed by atoms with E-state index in [0.717, 1.165) is 0 Å². The number of hydrogen-bond acceptors (Lipinski definition) is 0. The molecule has 26 valence electrons. The molecule has 0 saturated heterocycles. The van der Waals surface area contributed by atoms with Crippen molar-refractivity contribution in [3.8, 4) is 0 Å². The first-order chi connectivity index (χ1) is 0. The van der Waals surface area contributed by atoms with Crippen LogP contribution in [0.4, 0.5) is 0 Å². The van der Waals surface area contributed by atoms with Gasteiger partial charge in [-0.05, 0) is 11.0 Å². The molecular formula is H9KO2Si. The fourth-order valence-corrected chi connectivity index (χ4v) is 0. The van der Waals surface area contributed by atoms with Gasteiger partial charge in [-0.3, -0.25) is 0 Å². The molecule has 0 fully saturated rings. The molecule has 0 rings (SSSR count). The SMILES string of the molecule is O.O.[KH].[SiH4]. The second-order valence-corrected chi connectivity index (χ2v) is 0.